The maximum atomic E-state index is 5.25. The molecule has 1 aromatic rings. The molecular weight excluding hydrogens is 318 g/mol. The Bertz CT molecular complexity index is 406. The van der Waals surface area contributed by atoms with E-state index in [1.807, 2.05) is 0 Å². The molecule has 116 valence electrons. The van der Waals surface area contributed by atoms with Crippen molar-refractivity contribution in [3.8, 4) is 0 Å². The Hall–Kier alpha value is -0.390. The maximum absolute atomic E-state index is 5.25. The average molecular weight is 346 g/mol. The minimum absolute atomic E-state index is 0.461. The van der Waals surface area contributed by atoms with Crippen LogP contribution in [-0.4, -0.2) is 36.1 Å². The lowest BCUT2D eigenvalue weighted by molar-refractivity contribution is 0.149. The summed E-state index contributed by atoms with van der Waals surface area (Å²) in [7, 11) is 1.77. The first kappa shape index (κ1) is 17.7. The van der Waals surface area contributed by atoms with E-state index in [1.54, 1.807) is 7.11 Å². The summed E-state index contributed by atoms with van der Waals surface area (Å²) in [4.78, 5) is 0. The zero-order chi connectivity index (χ0) is 15.1. The minimum atomic E-state index is 0.461. The summed E-state index contributed by atoms with van der Waals surface area (Å²) in [6.07, 6.45) is 2.11. The molecule has 0 bridgehead atoms. The summed E-state index contributed by atoms with van der Waals surface area (Å²) < 4.78 is 8.51. The van der Waals surface area contributed by atoms with Crippen LogP contribution in [0.4, 0.5) is 0 Å². The van der Waals surface area contributed by atoms with Crippen molar-refractivity contribution in [2.24, 2.45) is 5.92 Å². The molecule has 0 aliphatic heterocycles. The third kappa shape index (κ3) is 4.86. The largest absolute Gasteiger partial charge is 0.384 e. The molecule has 0 aliphatic rings. The number of aryl methyl sites for hydroxylation is 2. The van der Waals surface area contributed by atoms with Crippen LogP contribution in [0, 0.1) is 12.8 Å². The second kappa shape index (κ2) is 8.80. The molecule has 0 saturated heterocycles. The second-order valence-corrected chi connectivity index (χ2v) is 6.21. The SMILES string of the molecule is CCNC(Cc1c(Br)c(C)nn1CC)CC(C)COC. The van der Waals surface area contributed by atoms with Gasteiger partial charge in [-0.3, -0.25) is 4.68 Å². The van der Waals surface area contributed by atoms with Gasteiger partial charge >= 0.3 is 0 Å². The Balaban J connectivity index is 2.79. The minimum Gasteiger partial charge on any atom is -0.384 e. The van der Waals surface area contributed by atoms with Gasteiger partial charge in [-0.2, -0.15) is 5.10 Å². The lowest BCUT2D eigenvalue weighted by Gasteiger charge is -2.22. The lowest BCUT2D eigenvalue weighted by Crippen LogP contribution is -2.34. The number of hydrogen-bond acceptors (Lipinski definition) is 3. The molecule has 2 unspecified atom stereocenters. The molecule has 0 radical (unpaired) electrons. The summed E-state index contributed by atoms with van der Waals surface area (Å²) >= 11 is 3.68. The number of ether oxygens (including phenoxy) is 1. The zero-order valence-electron chi connectivity index (χ0n) is 13.4. The van der Waals surface area contributed by atoms with Gasteiger partial charge in [0.1, 0.15) is 0 Å². The summed E-state index contributed by atoms with van der Waals surface area (Å²) in [5, 5.41) is 8.17. The Kier molecular flexibility index (Phi) is 7.77. The van der Waals surface area contributed by atoms with Gasteiger partial charge in [-0.15, -0.1) is 0 Å². The molecule has 5 heteroatoms. The van der Waals surface area contributed by atoms with Gasteiger partial charge in [0.25, 0.3) is 0 Å². The lowest BCUT2D eigenvalue weighted by atomic mass is 9.98. The van der Waals surface area contributed by atoms with Crippen LogP contribution in [0.2, 0.25) is 0 Å². The van der Waals surface area contributed by atoms with Gasteiger partial charge < -0.3 is 10.1 Å². The molecule has 1 rings (SSSR count). The molecule has 1 heterocycles. The number of nitrogens with zero attached hydrogens (tertiary/aromatic N) is 2. The molecule has 0 spiro atoms. The fraction of sp³-hybridized carbons (Fsp3) is 0.800. The fourth-order valence-corrected chi connectivity index (χ4v) is 3.11. The topological polar surface area (TPSA) is 39.1 Å². The number of rotatable bonds is 9. The van der Waals surface area contributed by atoms with Gasteiger partial charge in [0.2, 0.25) is 0 Å². The van der Waals surface area contributed by atoms with Crippen LogP contribution in [0.25, 0.3) is 0 Å². The van der Waals surface area contributed by atoms with Crippen molar-refractivity contribution in [1.29, 1.82) is 0 Å². The Morgan fingerprint density at radius 2 is 2.10 bits per heavy atom. The third-order valence-corrected chi connectivity index (χ3v) is 4.55. The number of aromatic nitrogens is 2. The summed E-state index contributed by atoms with van der Waals surface area (Å²) in [6.45, 7) is 11.3. The zero-order valence-corrected chi connectivity index (χ0v) is 15.0. The van der Waals surface area contributed by atoms with Crippen molar-refractivity contribution in [1.82, 2.24) is 15.1 Å². The number of hydrogen-bond donors (Lipinski definition) is 1. The first-order chi connectivity index (χ1) is 9.53. The van der Waals surface area contributed by atoms with Crippen LogP contribution >= 0.6 is 15.9 Å². The normalized spacial score (nSPS) is 14.5. The summed E-state index contributed by atoms with van der Waals surface area (Å²) in [6, 6.07) is 0.461. The van der Waals surface area contributed by atoms with Gasteiger partial charge in [0.15, 0.2) is 0 Å². The van der Waals surface area contributed by atoms with E-state index in [-0.39, 0.29) is 0 Å². The van der Waals surface area contributed by atoms with Crippen LogP contribution < -0.4 is 5.32 Å². The number of halogens is 1. The van der Waals surface area contributed by atoms with Gasteiger partial charge in [0, 0.05) is 32.7 Å². The molecule has 2 atom stereocenters. The fourth-order valence-electron chi connectivity index (χ4n) is 2.66. The molecule has 4 nitrogen and oxygen atoms in total. The van der Waals surface area contributed by atoms with Crippen LogP contribution in [0.15, 0.2) is 4.47 Å². The van der Waals surface area contributed by atoms with E-state index < -0.39 is 0 Å². The van der Waals surface area contributed by atoms with E-state index >= 15 is 0 Å². The number of nitrogens with one attached hydrogen (secondary N) is 1. The first-order valence-corrected chi connectivity index (χ1v) is 8.26. The second-order valence-electron chi connectivity index (χ2n) is 5.42. The predicted octanol–water partition coefficient (Wildman–Crippen LogP) is 3.17. The van der Waals surface area contributed by atoms with Gasteiger partial charge in [-0.05, 0) is 48.7 Å². The maximum Gasteiger partial charge on any atom is 0.0738 e. The van der Waals surface area contributed by atoms with Gasteiger partial charge in [-0.1, -0.05) is 13.8 Å². The highest BCUT2D eigenvalue weighted by Crippen LogP contribution is 2.23. The van der Waals surface area contributed by atoms with Crippen molar-refractivity contribution in [2.45, 2.75) is 53.1 Å². The van der Waals surface area contributed by atoms with Crippen molar-refractivity contribution in [3.05, 3.63) is 15.9 Å². The van der Waals surface area contributed by atoms with Gasteiger partial charge in [0.05, 0.1) is 15.9 Å². The van der Waals surface area contributed by atoms with E-state index in [0.717, 1.165) is 42.7 Å². The molecule has 1 N–H and O–H groups in total. The highest BCUT2D eigenvalue weighted by Gasteiger charge is 2.19. The number of methoxy groups -OCH3 is 1. The van der Waals surface area contributed by atoms with Gasteiger partial charge in [-0.25, -0.2) is 0 Å². The molecule has 0 aliphatic carbocycles. The van der Waals surface area contributed by atoms with Crippen LogP contribution in [0.3, 0.4) is 0 Å². The van der Waals surface area contributed by atoms with Crippen molar-refractivity contribution in [2.75, 3.05) is 20.3 Å². The Morgan fingerprint density at radius 3 is 2.65 bits per heavy atom. The standard InChI is InChI=1S/C15H28BrN3O/c1-6-17-13(8-11(3)10-20-5)9-14-15(16)12(4)18-19(14)7-2/h11,13,17H,6-10H2,1-5H3. The van der Waals surface area contributed by atoms with Crippen molar-refractivity contribution >= 4 is 15.9 Å². The smallest absolute Gasteiger partial charge is 0.0738 e. The molecule has 20 heavy (non-hydrogen) atoms. The molecule has 0 saturated carbocycles. The van der Waals surface area contributed by atoms with E-state index in [0.29, 0.717) is 12.0 Å². The summed E-state index contributed by atoms with van der Waals surface area (Å²) in [5.74, 6) is 0.557. The molecule has 1 aromatic heterocycles. The number of likely N-dealkylation sites (N-methyl/N-ethyl adjacent to an activating group) is 1. The monoisotopic (exact) mass is 345 g/mol. The van der Waals surface area contributed by atoms with Crippen LogP contribution in [0.5, 0.6) is 0 Å². The van der Waals surface area contributed by atoms with Crippen molar-refractivity contribution < 1.29 is 4.74 Å². The van der Waals surface area contributed by atoms with Crippen LogP contribution in [0.1, 0.15) is 38.6 Å². The van der Waals surface area contributed by atoms with E-state index in [1.165, 1.54) is 5.69 Å². The van der Waals surface area contributed by atoms with E-state index in [9.17, 15) is 0 Å². The Labute approximate surface area is 131 Å². The summed E-state index contributed by atoms with van der Waals surface area (Å²) in [5.41, 5.74) is 2.36. The van der Waals surface area contributed by atoms with Crippen molar-refractivity contribution in [3.63, 3.8) is 0 Å². The van der Waals surface area contributed by atoms with E-state index in [4.69, 9.17) is 4.74 Å². The first-order valence-electron chi connectivity index (χ1n) is 7.47. The van der Waals surface area contributed by atoms with Crippen LogP contribution in [-0.2, 0) is 17.7 Å². The quantitative estimate of drug-likeness (QED) is 0.747. The average Bonchev–Trinajstić information content (AvgIpc) is 2.67. The molecule has 0 fully saturated rings. The highest BCUT2D eigenvalue weighted by molar-refractivity contribution is 9.10. The third-order valence-electron chi connectivity index (χ3n) is 3.52. The molecule has 0 aromatic carbocycles. The highest BCUT2D eigenvalue weighted by atomic mass is 79.9. The molecule has 0 amide bonds. The molecular formula is C15H28BrN3O. The van der Waals surface area contributed by atoms with E-state index in [2.05, 4.69) is 58.7 Å². The predicted molar refractivity (Wildman–Crippen MR) is 87.2 cm³/mol. The Morgan fingerprint density at radius 1 is 1.40 bits per heavy atom.